The number of imide groups is 1. The van der Waals surface area contributed by atoms with Crippen molar-refractivity contribution in [3.8, 4) is 0 Å². The van der Waals surface area contributed by atoms with Crippen LogP contribution in [0.15, 0.2) is 36.4 Å². The van der Waals surface area contributed by atoms with Crippen molar-refractivity contribution in [1.29, 1.82) is 0 Å². The lowest BCUT2D eigenvalue weighted by Crippen LogP contribution is -2.40. The van der Waals surface area contributed by atoms with E-state index < -0.39 is 0 Å². The molecule has 6 rings (SSSR count). The third kappa shape index (κ3) is 2.47. The van der Waals surface area contributed by atoms with Gasteiger partial charge in [-0.05, 0) is 48.1 Å². The molecule has 5 heteroatoms. The van der Waals surface area contributed by atoms with Crippen molar-refractivity contribution in [3.63, 3.8) is 0 Å². The van der Waals surface area contributed by atoms with Crippen LogP contribution in [-0.4, -0.2) is 29.2 Å². The molecule has 0 spiro atoms. The maximum Gasteiger partial charge on any atom is 0.233 e. The molecular formula is C22H24N2O3. The van der Waals surface area contributed by atoms with Gasteiger partial charge < -0.3 is 5.32 Å². The molecule has 27 heavy (non-hydrogen) atoms. The third-order valence-electron chi connectivity index (χ3n) is 6.99. The Morgan fingerprint density at radius 1 is 1.07 bits per heavy atom. The quantitative estimate of drug-likeness (QED) is 0.645. The first-order valence-corrected chi connectivity index (χ1v) is 10.0. The first-order chi connectivity index (χ1) is 13.1. The second-order valence-electron chi connectivity index (χ2n) is 8.29. The van der Waals surface area contributed by atoms with Crippen molar-refractivity contribution < 1.29 is 14.4 Å². The minimum atomic E-state index is -0.180. The lowest BCUT2D eigenvalue weighted by Gasteiger charge is -2.37. The van der Waals surface area contributed by atoms with Crippen molar-refractivity contribution in [1.82, 2.24) is 4.90 Å². The van der Waals surface area contributed by atoms with Gasteiger partial charge in [-0.2, -0.15) is 0 Å². The Bertz CT molecular complexity index is 825. The molecule has 1 aromatic carbocycles. The number of hydrogen-bond acceptors (Lipinski definition) is 3. The van der Waals surface area contributed by atoms with Gasteiger partial charge in [0.2, 0.25) is 17.7 Å². The molecule has 1 N–H and O–H groups in total. The summed E-state index contributed by atoms with van der Waals surface area (Å²) in [4.78, 5) is 39.6. The molecule has 1 aliphatic heterocycles. The summed E-state index contributed by atoms with van der Waals surface area (Å²) in [6, 6.07) is 7.71. The average Bonchev–Trinajstić information content (AvgIpc) is 3.46. The highest BCUT2D eigenvalue weighted by Gasteiger charge is 2.66. The number of allylic oxidation sites excluding steroid dienone is 2. The summed E-state index contributed by atoms with van der Waals surface area (Å²) in [7, 11) is 0. The van der Waals surface area contributed by atoms with Gasteiger partial charge in [-0.1, -0.05) is 37.3 Å². The number of carbonyl (C=O) groups excluding carboxylic acids is 3. The molecule has 6 atom stereocenters. The maximum absolute atomic E-state index is 12.9. The van der Waals surface area contributed by atoms with Gasteiger partial charge >= 0.3 is 0 Å². The Hall–Kier alpha value is -2.43. The molecule has 1 aromatic rings. The van der Waals surface area contributed by atoms with Crippen molar-refractivity contribution in [2.24, 2.45) is 35.5 Å². The van der Waals surface area contributed by atoms with Crippen molar-refractivity contribution in [2.75, 3.05) is 11.9 Å². The molecule has 1 heterocycles. The number of nitrogens with zero attached hydrogens (tertiary/aromatic N) is 1. The van der Waals surface area contributed by atoms with Crippen LogP contribution < -0.4 is 5.32 Å². The summed E-state index contributed by atoms with van der Waals surface area (Å²) >= 11 is 0. The highest BCUT2D eigenvalue weighted by atomic mass is 16.2. The number of aryl methyl sites for hydroxylation is 1. The predicted molar refractivity (Wildman–Crippen MR) is 100 cm³/mol. The Morgan fingerprint density at radius 3 is 2.33 bits per heavy atom. The van der Waals surface area contributed by atoms with Crippen LogP contribution >= 0.6 is 0 Å². The van der Waals surface area contributed by atoms with Crippen LogP contribution in [0.1, 0.15) is 25.3 Å². The van der Waals surface area contributed by atoms with Crippen LogP contribution in [0.2, 0.25) is 0 Å². The average molecular weight is 364 g/mol. The largest absolute Gasteiger partial charge is 0.326 e. The fourth-order valence-corrected chi connectivity index (χ4v) is 5.62. The van der Waals surface area contributed by atoms with Gasteiger partial charge in [0.1, 0.15) is 0 Å². The minimum absolute atomic E-state index is 0.0588. The topological polar surface area (TPSA) is 66.5 Å². The van der Waals surface area contributed by atoms with Crippen molar-refractivity contribution >= 4 is 23.4 Å². The predicted octanol–water partition coefficient (Wildman–Crippen LogP) is 2.63. The van der Waals surface area contributed by atoms with Crippen LogP contribution in [-0.2, 0) is 20.8 Å². The van der Waals surface area contributed by atoms with E-state index in [0.29, 0.717) is 11.8 Å². The van der Waals surface area contributed by atoms with Gasteiger partial charge in [0.05, 0.1) is 11.8 Å². The first kappa shape index (κ1) is 16.7. The summed E-state index contributed by atoms with van der Waals surface area (Å²) in [5, 5.41) is 2.92. The van der Waals surface area contributed by atoms with Gasteiger partial charge in [0.15, 0.2) is 0 Å². The molecular weight excluding hydrogens is 340 g/mol. The molecule has 4 aliphatic carbocycles. The van der Waals surface area contributed by atoms with Crippen LogP contribution in [0.3, 0.4) is 0 Å². The Labute approximate surface area is 158 Å². The molecule has 0 radical (unpaired) electrons. The van der Waals surface area contributed by atoms with E-state index in [2.05, 4.69) is 17.5 Å². The van der Waals surface area contributed by atoms with E-state index in [0.717, 1.165) is 24.1 Å². The smallest absolute Gasteiger partial charge is 0.233 e. The Morgan fingerprint density at radius 2 is 1.70 bits per heavy atom. The van der Waals surface area contributed by atoms with E-state index in [4.69, 9.17) is 0 Å². The summed E-state index contributed by atoms with van der Waals surface area (Å²) in [6.45, 7) is 2.22. The molecule has 3 amide bonds. The fourth-order valence-electron chi connectivity index (χ4n) is 5.62. The second-order valence-corrected chi connectivity index (χ2v) is 8.29. The lowest BCUT2D eigenvalue weighted by molar-refractivity contribution is -0.140. The highest BCUT2D eigenvalue weighted by Crippen LogP contribution is 2.65. The van der Waals surface area contributed by atoms with E-state index in [1.54, 1.807) is 0 Å². The van der Waals surface area contributed by atoms with Crippen molar-refractivity contribution in [2.45, 2.75) is 26.2 Å². The minimum Gasteiger partial charge on any atom is -0.326 e. The fraction of sp³-hybridized carbons (Fsp3) is 0.500. The number of carbonyl (C=O) groups is 3. The summed E-state index contributed by atoms with van der Waals surface area (Å²) < 4.78 is 0. The number of anilines is 1. The zero-order valence-corrected chi connectivity index (χ0v) is 15.4. The zero-order chi connectivity index (χ0) is 18.7. The monoisotopic (exact) mass is 364 g/mol. The van der Waals surface area contributed by atoms with Gasteiger partial charge in [-0.25, -0.2) is 0 Å². The Kier molecular flexibility index (Phi) is 3.74. The highest BCUT2D eigenvalue weighted by molar-refractivity contribution is 6.06. The molecule has 140 valence electrons. The maximum atomic E-state index is 12.9. The summed E-state index contributed by atoms with van der Waals surface area (Å²) in [6.07, 6.45) is 6.48. The Balaban J connectivity index is 1.25. The van der Waals surface area contributed by atoms with Crippen molar-refractivity contribution in [3.05, 3.63) is 42.0 Å². The van der Waals surface area contributed by atoms with E-state index in [9.17, 15) is 14.4 Å². The summed E-state index contributed by atoms with van der Waals surface area (Å²) in [5.74, 6) is 1.04. The normalized spacial score (nSPS) is 35.2. The molecule has 2 bridgehead atoms. The van der Waals surface area contributed by atoms with E-state index >= 15 is 0 Å². The number of amides is 3. The number of para-hydroxylation sites is 1. The number of nitrogens with one attached hydrogen (secondary N) is 1. The standard InChI is InChI=1S/C22H24N2O3/c1-2-12-5-3-4-6-17(12)23-18(25)9-10-24-21(26)19-13-7-8-14(16-11-15(13)16)20(19)22(24)27/h3-8,13-16,19-20H,2,9-11H2,1H3,(H,23,25)/t13-,14-,15-,16-,19-,20+/m0/s1. The van der Waals surface area contributed by atoms with Crippen LogP contribution in [0, 0.1) is 35.5 Å². The number of benzene rings is 1. The molecule has 2 saturated carbocycles. The third-order valence-corrected chi connectivity index (χ3v) is 6.99. The molecule has 5 aliphatic rings. The van der Waals surface area contributed by atoms with Gasteiger partial charge in [-0.3, -0.25) is 19.3 Å². The van der Waals surface area contributed by atoms with E-state index in [1.807, 2.05) is 31.2 Å². The number of hydrogen-bond donors (Lipinski definition) is 1. The SMILES string of the molecule is CCc1ccccc1NC(=O)CCN1C(=O)[C@@H]2[C@H]3C=C[C@@H]([C@@H]4C[C@@H]34)[C@@H]2C1=O. The van der Waals surface area contributed by atoms with Crippen LogP contribution in [0.5, 0.6) is 0 Å². The lowest BCUT2D eigenvalue weighted by atomic mass is 9.63. The number of likely N-dealkylation sites (tertiary alicyclic amines) is 1. The molecule has 5 nitrogen and oxygen atoms in total. The molecule has 0 unspecified atom stereocenters. The van der Waals surface area contributed by atoms with Gasteiger partial charge in [-0.15, -0.1) is 0 Å². The van der Waals surface area contributed by atoms with E-state index in [-0.39, 0.29) is 54.4 Å². The van der Waals surface area contributed by atoms with Crippen LogP contribution in [0.4, 0.5) is 5.69 Å². The second kappa shape index (κ2) is 6.04. The molecule has 0 aromatic heterocycles. The molecule has 3 fully saturated rings. The van der Waals surface area contributed by atoms with Gasteiger partial charge in [0.25, 0.3) is 0 Å². The number of rotatable bonds is 5. The summed E-state index contributed by atoms with van der Waals surface area (Å²) in [5.41, 5.74) is 1.88. The molecule has 1 saturated heterocycles. The van der Waals surface area contributed by atoms with Crippen LogP contribution in [0.25, 0.3) is 0 Å². The first-order valence-electron chi connectivity index (χ1n) is 10.0. The van der Waals surface area contributed by atoms with Gasteiger partial charge in [0, 0.05) is 18.7 Å². The van der Waals surface area contributed by atoms with E-state index in [1.165, 1.54) is 4.90 Å². The zero-order valence-electron chi connectivity index (χ0n) is 15.4.